The summed E-state index contributed by atoms with van der Waals surface area (Å²) in [5.74, 6) is -1.14. The molecule has 2 aliphatic heterocycles. The molecule has 6 rings (SSSR count). The van der Waals surface area contributed by atoms with Crippen LogP contribution < -0.4 is 10.6 Å². The highest BCUT2D eigenvalue weighted by atomic mass is 19.1. The summed E-state index contributed by atoms with van der Waals surface area (Å²) in [5, 5.41) is 6.89. The van der Waals surface area contributed by atoms with Crippen molar-refractivity contribution in [3.8, 4) is 16.9 Å². The number of carbonyl (C=O) groups excluding carboxylic acids is 1. The minimum Gasteiger partial charge on any atom is -0.381 e. The third-order valence-corrected chi connectivity index (χ3v) is 7.83. The van der Waals surface area contributed by atoms with Crippen molar-refractivity contribution >= 4 is 17.3 Å². The summed E-state index contributed by atoms with van der Waals surface area (Å²) in [5.41, 5.74) is 4.38. The zero-order chi connectivity index (χ0) is 23.4. The van der Waals surface area contributed by atoms with Crippen molar-refractivity contribution in [1.29, 1.82) is 0 Å². The molecule has 2 fully saturated rings. The first-order valence-corrected chi connectivity index (χ1v) is 12.0. The van der Waals surface area contributed by atoms with E-state index in [1.807, 2.05) is 12.1 Å². The molecule has 2 N–H and O–H groups in total. The average molecular weight is 463 g/mol. The highest BCUT2D eigenvalue weighted by molar-refractivity contribution is 6.10. The smallest absolute Gasteiger partial charge is 0.235 e. The molecule has 0 atom stereocenters. The normalized spacial score (nSPS) is 19.7. The molecule has 7 heteroatoms. The van der Waals surface area contributed by atoms with Gasteiger partial charge in [-0.3, -0.25) is 4.79 Å². The van der Waals surface area contributed by atoms with Gasteiger partial charge in [-0.25, -0.2) is 8.78 Å². The molecule has 3 aliphatic rings. The predicted octanol–water partition coefficient (Wildman–Crippen LogP) is 5.30. The molecule has 34 heavy (non-hydrogen) atoms. The summed E-state index contributed by atoms with van der Waals surface area (Å²) < 4.78 is 29.9. The fourth-order valence-corrected chi connectivity index (χ4v) is 5.67. The number of rotatable bonds is 4. The Morgan fingerprint density at radius 2 is 1.88 bits per heavy atom. The van der Waals surface area contributed by atoms with Crippen LogP contribution in [0.2, 0.25) is 0 Å². The van der Waals surface area contributed by atoms with Gasteiger partial charge in [0.1, 0.15) is 11.6 Å². The maximum atomic E-state index is 14.7. The topological polar surface area (TPSA) is 49.3 Å². The van der Waals surface area contributed by atoms with Crippen LogP contribution in [-0.2, 0) is 10.2 Å². The van der Waals surface area contributed by atoms with Gasteiger partial charge in [0.15, 0.2) is 0 Å². The standard InChI is InChI=1S/C27H28F2N4O/c1-32-12-7-19(8-13-32)30-22-15-17(14-20-25(22)31-26(34)27(20)9-3-10-27)23-4-2-11-33(23)24-6-5-18(28)16-21(24)29/h2,4-6,11,14-16,19,30H,3,7-10,12-13H2,1H3,(H,31,34). The van der Waals surface area contributed by atoms with E-state index in [1.165, 1.54) is 12.1 Å². The lowest BCUT2D eigenvalue weighted by Crippen LogP contribution is -2.40. The van der Waals surface area contributed by atoms with Gasteiger partial charge in [-0.1, -0.05) is 6.42 Å². The number of benzene rings is 2. The lowest BCUT2D eigenvalue weighted by Gasteiger charge is -2.36. The molecule has 176 valence electrons. The number of piperidine rings is 1. The molecular weight excluding hydrogens is 434 g/mol. The van der Waals surface area contributed by atoms with E-state index in [0.717, 1.165) is 79.5 Å². The summed E-state index contributed by atoms with van der Waals surface area (Å²) >= 11 is 0. The molecule has 0 unspecified atom stereocenters. The Labute approximate surface area is 197 Å². The second kappa shape index (κ2) is 7.94. The van der Waals surface area contributed by atoms with Crippen LogP contribution in [-0.4, -0.2) is 41.6 Å². The molecule has 5 nitrogen and oxygen atoms in total. The minimum atomic E-state index is -0.615. The number of nitrogens with one attached hydrogen (secondary N) is 2. The van der Waals surface area contributed by atoms with E-state index < -0.39 is 17.0 Å². The second-order valence-electron chi connectivity index (χ2n) is 9.92. The molecule has 1 aromatic heterocycles. The fraction of sp³-hybridized carbons (Fsp3) is 0.370. The van der Waals surface area contributed by atoms with Gasteiger partial charge in [0.05, 0.1) is 28.2 Å². The van der Waals surface area contributed by atoms with Gasteiger partial charge in [0.2, 0.25) is 5.91 Å². The molecule has 1 spiro atoms. The number of hydrogen-bond donors (Lipinski definition) is 2. The van der Waals surface area contributed by atoms with E-state index in [-0.39, 0.29) is 5.91 Å². The van der Waals surface area contributed by atoms with Gasteiger partial charge in [-0.2, -0.15) is 0 Å². The van der Waals surface area contributed by atoms with E-state index in [0.29, 0.717) is 11.7 Å². The monoisotopic (exact) mass is 462 g/mol. The van der Waals surface area contributed by atoms with Crippen LogP contribution in [0.4, 0.5) is 20.2 Å². The van der Waals surface area contributed by atoms with Crippen molar-refractivity contribution in [1.82, 2.24) is 9.47 Å². The van der Waals surface area contributed by atoms with Crippen LogP contribution in [0, 0.1) is 11.6 Å². The molecule has 3 aromatic rings. The highest BCUT2D eigenvalue weighted by Crippen LogP contribution is 2.54. The Balaban J connectivity index is 1.46. The van der Waals surface area contributed by atoms with Crippen molar-refractivity contribution in [3.63, 3.8) is 0 Å². The van der Waals surface area contributed by atoms with E-state index in [2.05, 4.69) is 34.7 Å². The van der Waals surface area contributed by atoms with Gasteiger partial charge in [-0.05, 0) is 87.8 Å². The average Bonchev–Trinajstić information content (AvgIpc) is 3.37. The largest absolute Gasteiger partial charge is 0.381 e. The third kappa shape index (κ3) is 3.33. The zero-order valence-corrected chi connectivity index (χ0v) is 19.2. The van der Waals surface area contributed by atoms with E-state index in [4.69, 9.17) is 0 Å². The van der Waals surface area contributed by atoms with Gasteiger partial charge >= 0.3 is 0 Å². The first-order valence-electron chi connectivity index (χ1n) is 12.0. The van der Waals surface area contributed by atoms with E-state index in [1.54, 1.807) is 10.8 Å². The number of carbonyl (C=O) groups is 1. The summed E-state index contributed by atoms with van der Waals surface area (Å²) in [6.45, 7) is 2.06. The molecule has 1 saturated carbocycles. The van der Waals surface area contributed by atoms with E-state index >= 15 is 0 Å². The summed E-state index contributed by atoms with van der Waals surface area (Å²) in [6, 6.07) is 11.9. The minimum absolute atomic E-state index is 0.0808. The van der Waals surface area contributed by atoms with Gasteiger partial charge in [-0.15, -0.1) is 0 Å². The first kappa shape index (κ1) is 21.4. The number of fused-ring (bicyclic) bond motifs is 2. The number of anilines is 2. The lowest BCUT2D eigenvalue weighted by atomic mass is 9.65. The SMILES string of the molecule is CN1CCC(Nc2cc(-c3cccn3-c3ccc(F)cc3F)cc3c2NC(=O)C32CCC2)CC1. The van der Waals surface area contributed by atoms with Crippen LogP contribution in [0.25, 0.3) is 16.9 Å². The van der Waals surface area contributed by atoms with Gasteiger partial charge in [0, 0.05) is 23.9 Å². The molecule has 0 bridgehead atoms. The summed E-state index contributed by atoms with van der Waals surface area (Å²) in [6.07, 6.45) is 6.57. The van der Waals surface area contributed by atoms with Gasteiger partial charge in [0.25, 0.3) is 0 Å². The molecule has 3 heterocycles. The molecule has 1 aliphatic carbocycles. The fourth-order valence-electron chi connectivity index (χ4n) is 5.67. The third-order valence-electron chi connectivity index (χ3n) is 7.83. The summed E-state index contributed by atoms with van der Waals surface area (Å²) in [4.78, 5) is 15.4. The van der Waals surface area contributed by atoms with Crippen LogP contribution >= 0.6 is 0 Å². The van der Waals surface area contributed by atoms with Crippen molar-refractivity contribution in [2.45, 2.75) is 43.6 Å². The number of likely N-dealkylation sites (tertiary alicyclic amines) is 1. The zero-order valence-electron chi connectivity index (χ0n) is 19.2. The Morgan fingerprint density at radius 1 is 1.09 bits per heavy atom. The molecule has 0 radical (unpaired) electrons. The maximum Gasteiger partial charge on any atom is 0.235 e. The number of nitrogens with zero attached hydrogens (tertiary/aromatic N) is 2. The first-order chi connectivity index (χ1) is 16.4. The number of halogens is 2. The van der Waals surface area contributed by atoms with Crippen molar-refractivity contribution in [2.75, 3.05) is 30.8 Å². The Hall–Kier alpha value is -3.19. The molecule has 1 saturated heterocycles. The number of aromatic nitrogens is 1. The van der Waals surface area contributed by atoms with E-state index in [9.17, 15) is 13.6 Å². The lowest BCUT2D eigenvalue weighted by molar-refractivity contribution is -0.123. The molecular formula is C27H28F2N4O. The van der Waals surface area contributed by atoms with Crippen molar-refractivity contribution < 1.29 is 13.6 Å². The predicted molar refractivity (Wildman–Crippen MR) is 129 cm³/mol. The van der Waals surface area contributed by atoms with Crippen molar-refractivity contribution in [2.24, 2.45) is 0 Å². The van der Waals surface area contributed by atoms with Gasteiger partial charge < -0.3 is 20.1 Å². The summed E-state index contributed by atoms with van der Waals surface area (Å²) in [7, 11) is 2.14. The number of amides is 1. The maximum absolute atomic E-state index is 14.7. The highest BCUT2D eigenvalue weighted by Gasteiger charge is 2.52. The van der Waals surface area contributed by atoms with Crippen LogP contribution in [0.15, 0.2) is 48.7 Å². The molecule has 1 amide bonds. The quantitative estimate of drug-likeness (QED) is 0.553. The molecule has 2 aromatic carbocycles. The Morgan fingerprint density at radius 3 is 2.59 bits per heavy atom. The van der Waals surface area contributed by atoms with Crippen molar-refractivity contribution in [3.05, 3.63) is 65.9 Å². The Kier molecular flexibility index (Phi) is 4.99. The number of hydrogen-bond acceptors (Lipinski definition) is 3. The second-order valence-corrected chi connectivity index (χ2v) is 9.92. The van der Waals surface area contributed by atoms with Crippen LogP contribution in [0.3, 0.4) is 0 Å². The van der Waals surface area contributed by atoms with Crippen LogP contribution in [0.5, 0.6) is 0 Å². The van der Waals surface area contributed by atoms with Crippen LogP contribution in [0.1, 0.15) is 37.7 Å². The Bertz CT molecular complexity index is 1270.